The summed E-state index contributed by atoms with van der Waals surface area (Å²) in [6, 6.07) is 7.88. The second-order valence-electron chi connectivity index (χ2n) is 8.22. The molecule has 32 heavy (non-hydrogen) atoms. The molecule has 0 radical (unpaired) electrons. The first-order valence-electron chi connectivity index (χ1n) is 11.1. The maximum atomic E-state index is 6.04. The molecule has 4 rings (SSSR count). The molecule has 2 saturated heterocycles. The van der Waals surface area contributed by atoms with Crippen molar-refractivity contribution in [3.8, 4) is 11.4 Å². The summed E-state index contributed by atoms with van der Waals surface area (Å²) in [7, 11) is 1.80. The van der Waals surface area contributed by atoms with E-state index in [9.17, 15) is 0 Å². The zero-order valence-corrected chi connectivity index (χ0v) is 21.5. The number of ether oxygens (including phenoxy) is 1. The van der Waals surface area contributed by atoms with E-state index >= 15 is 0 Å². The first-order chi connectivity index (χ1) is 15.2. The van der Waals surface area contributed by atoms with Crippen LogP contribution >= 0.6 is 35.6 Å². The number of piperidine rings is 1. The quantitative estimate of drug-likeness (QED) is 0.298. The molecular weight excluding hydrogens is 543 g/mol. The number of hydrogen-bond donors (Lipinski definition) is 2. The summed E-state index contributed by atoms with van der Waals surface area (Å²) in [6.07, 6.45) is 4.08. The third kappa shape index (κ3) is 7.29. The van der Waals surface area contributed by atoms with Gasteiger partial charge in [0.25, 0.3) is 0 Å². The van der Waals surface area contributed by atoms with Gasteiger partial charge in [-0.1, -0.05) is 28.9 Å². The number of likely N-dealkylation sites (tertiary alicyclic amines) is 1. The van der Waals surface area contributed by atoms with Gasteiger partial charge >= 0.3 is 0 Å². The summed E-state index contributed by atoms with van der Waals surface area (Å²) in [6.45, 7) is 5.93. The number of guanidine groups is 1. The van der Waals surface area contributed by atoms with Gasteiger partial charge in [-0.2, -0.15) is 4.98 Å². The molecule has 1 aromatic heterocycles. The lowest BCUT2D eigenvalue weighted by Gasteiger charge is -2.34. The average molecular weight is 575 g/mol. The average Bonchev–Trinajstić information content (AvgIpc) is 3.47. The maximum absolute atomic E-state index is 6.04. The van der Waals surface area contributed by atoms with E-state index in [2.05, 4.69) is 30.7 Å². The van der Waals surface area contributed by atoms with Crippen LogP contribution in [0.5, 0.6) is 0 Å². The molecule has 2 aliphatic rings. The maximum Gasteiger partial charge on any atom is 0.228 e. The lowest BCUT2D eigenvalue weighted by molar-refractivity contribution is 0.150. The van der Waals surface area contributed by atoms with Gasteiger partial charge in [-0.05, 0) is 37.3 Å². The Morgan fingerprint density at radius 3 is 2.84 bits per heavy atom. The number of nitrogens with one attached hydrogen (secondary N) is 2. The van der Waals surface area contributed by atoms with E-state index in [1.807, 2.05) is 24.3 Å². The number of nitrogens with zero attached hydrogens (tertiary/aromatic N) is 4. The highest BCUT2D eigenvalue weighted by Crippen LogP contribution is 2.20. The molecule has 10 heteroatoms. The lowest BCUT2D eigenvalue weighted by Crippen LogP contribution is -2.49. The van der Waals surface area contributed by atoms with Crippen LogP contribution in [0.25, 0.3) is 11.4 Å². The molecule has 0 spiro atoms. The van der Waals surface area contributed by atoms with Crippen LogP contribution in [-0.4, -0.2) is 73.5 Å². The molecule has 2 aromatic rings. The smallest absolute Gasteiger partial charge is 0.228 e. The molecule has 176 valence electrons. The van der Waals surface area contributed by atoms with Crippen LogP contribution in [0.2, 0.25) is 5.02 Å². The Morgan fingerprint density at radius 2 is 2.12 bits per heavy atom. The van der Waals surface area contributed by atoms with Gasteiger partial charge in [0.1, 0.15) is 0 Å². The molecule has 2 fully saturated rings. The van der Waals surface area contributed by atoms with Crippen LogP contribution in [0.1, 0.15) is 25.2 Å². The van der Waals surface area contributed by atoms with Crippen molar-refractivity contribution in [3.63, 3.8) is 0 Å². The molecule has 2 aliphatic heterocycles. The highest BCUT2D eigenvalue weighted by molar-refractivity contribution is 14.0. The first-order valence-corrected chi connectivity index (χ1v) is 11.4. The number of aliphatic imine (C=N–C) groups is 1. The first kappa shape index (κ1) is 25.2. The van der Waals surface area contributed by atoms with Crippen molar-refractivity contribution in [1.82, 2.24) is 25.7 Å². The van der Waals surface area contributed by atoms with Crippen molar-refractivity contribution in [2.45, 2.75) is 31.7 Å². The summed E-state index contributed by atoms with van der Waals surface area (Å²) in [4.78, 5) is 11.4. The van der Waals surface area contributed by atoms with Crippen molar-refractivity contribution in [2.75, 3.05) is 46.4 Å². The van der Waals surface area contributed by atoms with Crippen molar-refractivity contribution in [2.24, 2.45) is 10.9 Å². The van der Waals surface area contributed by atoms with E-state index in [0.29, 0.717) is 41.7 Å². The van der Waals surface area contributed by atoms with E-state index in [4.69, 9.17) is 20.9 Å². The van der Waals surface area contributed by atoms with Crippen LogP contribution in [0.3, 0.4) is 0 Å². The van der Waals surface area contributed by atoms with Crippen LogP contribution in [-0.2, 0) is 11.2 Å². The standard InChI is InChI=1S/C22H31ClN6O2.HI/c1-24-22(26-19-6-10-29(11-7-19)14-16-8-12-30-15-16)25-9-5-20-27-21(28-31-20)17-3-2-4-18(23)13-17;/h2-4,13,16,19H,5-12,14-15H2,1H3,(H2,24,25,26);1H. The van der Waals surface area contributed by atoms with Gasteiger partial charge in [0, 0.05) is 62.9 Å². The van der Waals surface area contributed by atoms with E-state index < -0.39 is 0 Å². The monoisotopic (exact) mass is 574 g/mol. The Bertz CT molecular complexity index is 866. The minimum atomic E-state index is 0. The summed E-state index contributed by atoms with van der Waals surface area (Å²) >= 11 is 6.04. The fraction of sp³-hybridized carbons (Fsp3) is 0.591. The number of benzene rings is 1. The third-order valence-electron chi connectivity index (χ3n) is 5.87. The van der Waals surface area contributed by atoms with Crippen LogP contribution in [0.4, 0.5) is 0 Å². The van der Waals surface area contributed by atoms with Gasteiger partial charge < -0.3 is 24.8 Å². The summed E-state index contributed by atoms with van der Waals surface area (Å²) in [5, 5.41) is 11.6. The third-order valence-corrected chi connectivity index (χ3v) is 6.11. The van der Waals surface area contributed by atoms with Crippen molar-refractivity contribution in [1.29, 1.82) is 0 Å². The SMILES string of the molecule is CN=C(NCCc1nc(-c2cccc(Cl)c2)no1)NC1CCN(CC2CCOC2)CC1.I. The molecule has 0 bridgehead atoms. The zero-order chi connectivity index (χ0) is 21.5. The fourth-order valence-electron chi connectivity index (χ4n) is 4.13. The van der Waals surface area contributed by atoms with E-state index in [1.54, 1.807) is 7.05 Å². The predicted molar refractivity (Wildman–Crippen MR) is 137 cm³/mol. The largest absolute Gasteiger partial charge is 0.381 e. The zero-order valence-electron chi connectivity index (χ0n) is 18.4. The van der Waals surface area contributed by atoms with Gasteiger partial charge in [-0.25, -0.2) is 0 Å². The minimum absolute atomic E-state index is 0. The van der Waals surface area contributed by atoms with Gasteiger partial charge in [-0.15, -0.1) is 24.0 Å². The molecule has 1 aromatic carbocycles. The number of aromatic nitrogens is 2. The summed E-state index contributed by atoms with van der Waals surface area (Å²) in [5.41, 5.74) is 0.847. The van der Waals surface area contributed by atoms with E-state index in [1.165, 1.54) is 13.0 Å². The fourth-order valence-corrected chi connectivity index (χ4v) is 4.32. The molecular formula is C22H32ClIN6O2. The second kappa shape index (κ2) is 12.7. The Balaban J connectivity index is 0.00000289. The molecule has 8 nitrogen and oxygen atoms in total. The van der Waals surface area contributed by atoms with Crippen LogP contribution in [0, 0.1) is 5.92 Å². The molecule has 3 heterocycles. The van der Waals surface area contributed by atoms with Gasteiger partial charge in [0.05, 0.1) is 6.61 Å². The van der Waals surface area contributed by atoms with Gasteiger partial charge in [-0.3, -0.25) is 4.99 Å². The van der Waals surface area contributed by atoms with Crippen molar-refractivity contribution < 1.29 is 9.26 Å². The topological polar surface area (TPSA) is 87.8 Å². The van der Waals surface area contributed by atoms with Gasteiger partial charge in [0.2, 0.25) is 11.7 Å². The highest BCUT2D eigenvalue weighted by atomic mass is 127. The summed E-state index contributed by atoms with van der Waals surface area (Å²) < 4.78 is 10.9. The number of halogens is 2. The van der Waals surface area contributed by atoms with Crippen LogP contribution in [0.15, 0.2) is 33.8 Å². The number of hydrogen-bond acceptors (Lipinski definition) is 6. The predicted octanol–water partition coefficient (Wildman–Crippen LogP) is 3.22. The highest BCUT2D eigenvalue weighted by Gasteiger charge is 2.24. The molecule has 1 unspecified atom stereocenters. The number of rotatable bonds is 7. The van der Waals surface area contributed by atoms with Crippen LogP contribution < -0.4 is 10.6 Å². The Hall–Kier alpha value is -1.43. The molecule has 2 N–H and O–H groups in total. The molecule has 0 amide bonds. The van der Waals surface area contributed by atoms with Crippen molar-refractivity contribution in [3.05, 3.63) is 35.2 Å². The Labute approximate surface area is 211 Å². The Kier molecular flexibility index (Phi) is 10.0. The molecule has 0 saturated carbocycles. The van der Waals surface area contributed by atoms with Crippen molar-refractivity contribution >= 4 is 41.5 Å². The second-order valence-corrected chi connectivity index (χ2v) is 8.66. The minimum Gasteiger partial charge on any atom is -0.381 e. The molecule has 1 atom stereocenters. The lowest BCUT2D eigenvalue weighted by atomic mass is 10.0. The molecule has 0 aliphatic carbocycles. The van der Waals surface area contributed by atoms with E-state index in [0.717, 1.165) is 50.7 Å². The van der Waals surface area contributed by atoms with E-state index in [-0.39, 0.29) is 24.0 Å². The van der Waals surface area contributed by atoms with Gasteiger partial charge in [0.15, 0.2) is 5.96 Å². The summed E-state index contributed by atoms with van der Waals surface area (Å²) in [5.74, 6) is 2.67. The Morgan fingerprint density at radius 1 is 1.28 bits per heavy atom. The normalized spacial score (nSPS) is 20.2.